The summed E-state index contributed by atoms with van der Waals surface area (Å²) in [5.41, 5.74) is 0.507. The van der Waals surface area contributed by atoms with E-state index in [0.29, 0.717) is 11.5 Å². The number of nitrogens with one attached hydrogen (secondary N) is 1. The van der Waals surface area contributed by atoms with E-state index in [-0.39, 0.29) is 11.6 Å². The lowest BCUT2D eigenvalue weighted by atomic mass is 10.3. The fraction of sp³-hybridized carbons (Fsp3) is 0.333. The maximum atomic E-state index is 12.2. The predicted molar refractivity (Wildman–Crippen MR) is 67.6 cm³/mol. The molecule has 2 heterocycles. The van der Waals surface area contributed by atoms with Gasteiger partial charge in [0.05, 0.1) is 0 Å². The van der Waals surface area contributed by atoms with Gasteiger partial charge in [-0.2, -0.15) is 5.10 Å². The lowest BCUT2D eigenvalue weighted by Gasteiger charge is -2.10. The van der Waals surface area contributed by atoms with E-state index in [2.05, 4.69) is 10.4 Å². The fourth-order valence-corrected chi connectivity index (χ4v) is 1.63. The molecule has 0 aliphatic carbocycles. The summed E-state index contributed by atoms with van der Waals surface area (Å²) in [6, 6.07) is 5.64. The Bertz CT molecular complexity index is 568. The smallest absolute Gasteiger partial charge is 0.279 e. The Kier molecular flexibility index (Phi) is 2.99. The Labute approximate surface area is 99.7 Å². The zero-order valence-electron chi connectivity index (χ0n) is 10.2. The number of anilines is 1. The molecule has 0 atom stereocenters. The van der Waals surface area contributed by atoms with Crippen molar-refractivity contribution in [2.45, 2.75) is 19.9 Å². The molecule has 0 aliphatic heterocycles. The van der Waals surface area contributed by atoms with Crippen LogP contribution < -0.4 is 10.9 Å². The molecule has 90 valence electrons. The second-order valence-corrected chi connectivity index (χ2v) is 4.24. The van der Waals surface area contributed by atoms with E-state index >= 15 is 0 Å². The Hall–Kier alpha value is -2.04. The maximum Gasteiger partial charge on any atom is 0.279 e. The largest absolute Gasteiger partial charge is 0.378 e. The van der Waals surface area contributed by atoms with Crippen LogP contribution in [0.4, 0.5) is 5.69 Å². The third kappa shape index (κ3) is 2.38. The summed E-state index contributed by atoms with van der Waals surface area (Å²) in [7, 11) is 1.82. The second kappa shape index (κ2) is 4.45. The van der Waals surface area contributed by atoms with Crippen LogP contribution in [-0.2, 0) is 7.05 Å². The van der Waals surface area contributed by atoms with Crippen molar-refractivity contribution in [3.63, 3.8) is 0 Å². The van der Waals surface area contributed by atoms with Gasteiger partial charge in [0.15, 0.2) is 5.82 Å². The van der Waals surface area contributed by atoms with E-state index in [0.717, 1.165) is 0 Å². The topological polar surface area (TPSA) is 51.9 Å². The first-order valence-corrected chi connectivity index (χ1v) is 5.56. The molecule has 5 nitrogen and oxygen atoms in total. The van der Waals surface area contributed by atoms with Crippen molar-refractivity contribution < 1.29 is 0 Å². The quantitative estimate of drug-likeness (QED) is 0.870. The standard InChI is InChI=1S/C12H16N4O/c1-9(2)13-10-5-4-7-16(12(10)17)11-6-8-15(3)14-11/h4-9,13H,1-3H3. The maximum absolute atomic E-state index is 12.2. The van der Waals surface area contributed by atoms with Gasteiger partial charge in [-0.1, -0.05) is 0 Å². The highest BCUT2D eigenvalue weighted by molar-refractivity contribution is 5.43. The van der Waals surface area contributed by atoms with Crippen LogP contribution in [0.15, 0.2) is 35.4 Å². The van der Waals surface area contributed by atoms with Gasteiger partial charge in [-0.3, -0.25) is 14.0 Å². The first kappa shape index (κ1) is 11.4. The Morgan fingerprint density at radius 1 is 1.29 bits per heavy atom. The van der Waals surface area contributed by atoms with Crippen molar-refractivity contribution in [3.05, 3.63) is 40.9 Å². The third-order valence-electron chi connectivity index (χ3n) is 2.34. The highest BCUT2D eigenvalue weighted by Crippen LogP contribution is 2.05. The highest BCUT2D eigenvalue weighted by atomic mass is 16.1. The van der Waals surface area contributed by atoms with Gasteiger partial charge in [0.25, 0.3) is 5.56 Å². The molecule has 1 N–H and O–H groups in total. The lowest BCUT2D eigenvalue weighted by Crippen LogP contribution is -2.24. The zero-order chi connectivity index (χ0) is 12.4. The highest BCUT2D eigenvalue weighted by Gasteiger charge is 2.07. The van der Waals surface area contributed by atoms with E-state index in [1.807, 2.05) is 33.2 Å². The summed E-state index contributed by atoms with van der Waals surface area (Å²) in [5, 5.41) is 7.34. The van der Waals surface area contributed by atoms with Crippen LogP contribution >= 0.6 is 0 Å². The van der Waals surface area contributed by atoms with Crippen LogP contribution in [0.5, 0.6) is 0 Å². The van der Waals surface area contributed by atoms with Crippen LogP contribution in [0, 0.1) is 0 Å². The minimum atomic E-state index is -0.0834. The molecular formula is C12H16N4O. The van der Waals surface area contributed by atoms with E-state index in [9.17, 15) is 4.79 Å². The van der Waals surface area contributed by atoms with E-state index in [1.54, 1.807) is 23.0 Å². The SMILES string of the molecule is CC(C)Nc1cccn(-c2ccn(C)n2)c1=O. The summed E-state index contributed by atoms with van der Waals surface area (Å²) in [6.07, 6.45) is 3.53. The number of pyridine rings is 1. The number of nitrogens with zero attached hydrogens (tertiary/aromatic N) is 3. The average molecular weight is 232 g/mol. The van der Waals surface area contributed by atoms with Crippen LogP contribution in [0.2, 0.25) is 0 Å². The summed E-state index contributed by atoms with van der Waals surface area (Å²) < 4.78 is 3.20. The predicted octanol–water partition coefficient (Wildman–Crippen LogP) is 1.39. The number of hydrogen-bond acceptors (Lipinski definition) is 3. The van der Waals surface area contributed by atoms with Crippen LogP contribution in [-0.4, -0.2) is 20.4 Å². The first-order chi connectivity index (χ1) is 8.08. The van der Waals surface area contributed by atoms with Gasteiger partial charge in [-0.25, -0.2) is 0 Å². The number of hydrogen-bond donors (Lipinski definition) is 1. The third-order valence-corrected chi connectivity index (χ3v) is 2.34. The van der Waals surface area contributed by atoms with Gasteiger partial charge >= 0.3 is 0 Å². The molecule has 17 heavy (non-hydrogen) atoms. The minimum absolute atomic E-state index is 0.0834. The summed E-state index contributed by atoms with van der Waals surface area (Å²) in [5.74, 6) is 0.630. The first-order valence-electron chi connectivity index (χ1n) is 5.56. The number of aromatic nitrogens is 3. The summed E-state index contributed by atoms with van der Waals surface area (Å²) >= 11 is 0. The minimum Gasteiger partial charge on any atom is -0.378 e. The second-order valence-electron chi connectivity index (χ2n) is 4.24. The monoisotopic (exact) mass is 232 g/mol. The van der Waals surface area contributed by atoms with E-state index < -0.39 is 0 Å². The van der Waals surface area contributed by atoms with Gasteiger partial charge in [0.1, 0.15) is 5.69 Å². The zero-order valence-corrected chi connectivity index (χ0v) is 10.2. The number of rotatable bonds is 3. The molecule has 2 rings (SSSR count). The molecule has 0 unspecified atom stereocenters. The molecule has 0 aliphatic rings. The molecule has 2 aromatic heterocycles. The Morgan fingerprint density at radius 3 is 2.65 bits per heavy atom. The van der Waals surface area contributed by atoms with Crippen LogP contribution in [0.3, 0.4) is 0 Å². The lowest BCUT2D eigenvalue weighted by molar-refractivity contribution is 0.746. The normalized spacial score (nSPS) is 10.8. The van der Waals surface area contributed by atoms with Crippen molar-refractivity contribution >= 4 is 5.69 Å². The van der Waals surface area contributed by atoms with Gasteiger partial charge in [0.2, 0.25) is 0 Å². The van der Waals surface area contributed by atoms with E-state index in [4.69, 9.17) is 0 Å². The molecule has 2 aromatic rings. The molecule has 0 saturated heterocycles. The van der Waals surface area contributed by atoms with Crippen molar-refractivity contribution in [1.29, 1.82) is 0 Å². The van der Waals surface area contributed by atoms with Gasteiger partial charge in [0, 0.05) is 31.5 Å². The summed E-state index contributed by atoms with van der Waals surface area (Å²) in [6.45, 7) is 4.00. The van der Waals surface area contributed by atoms with Crippen molar-refractivity contribution in [2.75, 3.05) is 5.32 Å². The fourth-order valence-electron chi connectivity index (χ4n) is 1.63. The molecule has 0 radical (unpaired) electrons. The molecule has 0 spiro atoms. The molecule has 0 saturated carbocycles. The summed E-state index contributed by atoms with van der Waals surface area (Å²) in [4.78, 5) is 12.2. The Morgan fingerprint density at radius 2 is 2.06 bits per heavy atom. The molecule has 0 aromatic carbocycles. The van der Waals surface area contributed by atoms with Gasteiger partial charge < -0.3 is 5.32 Å². The van der Waals surface area contributed by atoms with Crippen molar-refractivity contribution in [3.8, 4) is 5.82 Å². The molecule has 0 bridgehead atoms. The van der Waals surface area contributed by atoms with Crippen molar-refractivity contribution in [1.82, 2.24) is 14.3 Å². The van der Waals surface area contributed by atoms with Gasteiger partial charge in [-0.15, -0.1) is 0 Å². The molecular weight excluding hydrogens is 216 g/mol. The number of aryl methyl sites for hydroxylation is 1. The molecule has 5 heteroatoms. The molecule has 0 fully saturated rings. The van der Waals surface area contributed by atoms with Crippen LogP contribution in [0.25, 0.3) is 5.82 Å². The van der Waals surface area contributed by atoms with Gasteiger partial charge in [-0.05, 0) is 26.0 Å². The van der Waals surface area contributed by atoms with Crippen LogP contribution in [0.1, 0.15) is 13.8 Å². The Balaban J connectivity index is 2.46. The average Bonchev–Trinajstić information content (AvgIpc) is 2.67. The molecule has 0 amide bonds. The van der Waals surface area contributed by atoms with E-state index in [1.165, 1.54) is 4.57 Å². The van der Waals surface area contributed by atoms with Crippen molar-refractivity contribution in [2.24, 2.45) is 7.05 Å².